The first-order valence-electron chi connectivity index (χ1n) is 7.71. The third kappa shape index (κ3) is 4.27. The van der Waals surface area contributed by atoms with Gasteiger partial charge in [0, 0.05) is 25.3 Å². The number of hydrogen-bond acceptors (Lipinski definition) is 5. The van der Waals surface area contributed by atoms with E-state index in [-0.39, 0.29) is 26.9 Å². The van der Waals surface area contributed by atoms with Crippen LogP contribution in [-0.2, 0) is 15.7 Å². The molecule has 0 saturated carbocycles. The molecule has 2 N–H and O–H groups in total. The zero-order chi connectivity index (χ0) is 18.9. The Balaban J connectivity index is 0.00000261. The van der Waals surface area contributed by atoms with Crippen molar-refractivity contribution in [3.05, 3.63) is 59.1 Å². The molecule has 0 spiro atoms. The summed E-state index contributed by atoms with van der Waals surface area (Å²) in [5.74, 6) is 0.337. The fourth-order valence-corrected chi connectivity index (χ4v) is 5.43. The van der Waals surface area contributed by atoms with E-state index in [0.717, 1.165) is 0 Å². The van der Waals surface area contributed by atoms with Crippen molar-refractivity contribution in [1.82, 2.24) is 4.90 Å². The summed E-state index contributed by atoms with van der Waals surface area (Å²) in [6, 6.07) is 13.1. The van der Waals surface area contributed by atoms with Gasteiger partial charge >= 0.3 is 0 Å². The van der Waals surface area contributed by atoms with Crippen LogP contribution < -0.4 is 4.72 Å². The number of rotatable bonds is 4. The van der Waals surface area contributed by atoms with Gasteiger partial charge in [-0.15, -0.1) is 17.0 Å². The topological polar surface area (TPSA) is 82.0 Å². The van der Waals surface area contributed by atoms with Crippen molar-refractivity contribution in [3.63, 3.8) is 0 Å². The summed E-state index contributed by atoms with van der Waals surface area (Å²) in [6.07, 6.45) is 0. The average molecular weight is 493 g/mol. The molecular formula is C17H19BrClN3O3S2. The number of sulfonamides is 1. The number of hydrogen-bond donors (Lipinski definition) is 2. The molecule has 0 aromatic heterocycles. The molecule has 3 rings (SSSR count). The quantitative estimate of drug-likeness (QED) is 0.682. The molecule has 0 amide bonds. The highest BCUT2D eigenvalue weighted by Crippen LogP contribution is 2.39. The van der Waals surface area contributed by atoms with Crippen LogP contribution in [0.1, 0.15) is 5.56 Å². The number of thioether (sulfide) groups is 1. The van der Waals surface area contributed by atoms with Crippen molar-refractivity contribution in [2.75, 3.05) is 24.6 Å². The molecule has 1 aliphatic heterocycles. The summed E-state index contributed by atoms with van der Waals surface area (Å²) >= 11 is 7.55. The minimum Gasteiger partial charge on any atom is -0.366 e. The van der Waals surface area contributed by atoms with E-state index in [1.807, 2.05) is 0 Å². The van der Waals surface area contributed by atoms with Crippen LogP contribution in [0.5, 0.6) is 0 Å². The second-order valence-corrected chi connectivity index (χ2v) is 8.79. The fourth-order valence-electron chi connectivity index (χ4n) is 2.68. The Morgan fingerprint density at radius 1 is 1.26 bits per heavy atom. The molecule has 1 atom stereocenters. The molecule has 0 aliphatic carbocycles. The number of aliphatic hydroxyl groups is 1. The largest absolute Gasteiger partial charge is 0.366 e. The van der Waals surface area contributed by atoms with Gasteiger partial charge in [-0.25, -0.2) is 8.42 Å². The normalized spacial score (nSPS) is 21.2. The number of amidine groups is 1. The molecule has 1 heterocycles. The first-order valence-corrected chi connectivity index (χ1v) is 10.6. The molecule has 0 bridgehead atoms. The van der Waals surface area contributed by atoms with Gasteiger partial charge < -0.3 is 10.0 Å². The highest BCUT2D eigenvalue weighted by molar-refractivity contribution is 8.93. The van der Waals surface area contributed by atoms with Crippen LogP contribution in [0.15, 0.2) is 58.4 Å². The van der Waals surface area contributed by atoms with Crippen LogP contribution in [0.2, 0.25) is 5.02 Å². The maximum atomic E-state index is 12.8. The Bertz CT molecular complexity index is 957. The molecular weight excluding hydrogens is 474 g/mol. The SMILES string of the molecule is Br.CN=C1SCC(O)(c2ccc(Cl)c(S(=O)(=O)Nc3ccccc3)c2)N1C. The molecule has 2 aromatic carbocycles. The van der Waals surface area contributed by atoms with Gasteiger partial charge in [0.2, 0.25) is 0 Å². The summed E-state index contributed by atoms with van der Waals surface area (Å²) in [7, 11) is -0.547. The van der Waals surface area contributed by atoms with Gasteiger partial charge in [-0.1, -0.05) is 47.6 Å². The van der Waals surface area contributed by atoms with E-state index in [9.17, 15) is 13.5 Å². The number of nitrogens with one attached hydrogen (secondary N) is 1. The maximum absolute atomic E-state index is 12.8. The first-order chi connectivity index (χ1) is 12.3. The number of para-hydroxylation sites is 1. The Kier molecular flexibility index (Phi) is 6.86. The third-order valence-corrected chi connectivity index (χ3v) is 7.27. The Labute approximate surface area is 178 Å². The fraction of sp³-hybridized carbons (Fsp3) is 0.235. The molecule has 10 heteroatoms. The van der Waals surface area contributed by atoms with Gasteiger partial charge in [0.25, 0.3) is 10.0 Å². The second-order valence-electron chi connectivity index (χ2n) is 5.79. The van der Waals surface area contributed by atoms with E-state index in [1.54, 1.807) is 55.4 Å². The van der Waals surface area contributed by atoms with Gasteiger partial charge in [-0.2, -0.15) is 0 Å². The average Bonchev–Trinajstić information content (AvgIpc) is 2.91. The summed E-state index contributed by atoms with van der Waals surface area (Å²) < 4.78 is 28.1. The monoisotopic (exact) mass is 491 g/mol. The molecule has 27 heavy (non-hydrogen) atoms. The van der Waals surface area contributed by atoms with Gasteiger partial charge in [-0.05, 0) is 24.3 Å². The number of halogens is 2. The molecule has 146 valence electrons. The van der Waals surface area contributed by atoms with Gasteiger partial charge in [-0.3, -0.25) is 9.71 Å². The summed E-state index contributed by atoms with van der Waals surface area (Å²) in [6.45, 7) is 0. The molecule has 6 nitrogen and oxygen atoms in total. The lowest BCUT2D eigenvalue weighted by molar-refractivity contribution is -0.0349. The third-order valence-electron chi connectivity index (χ3n) is 4.14. The van der Waals surface area contributed by atoms with Crippen molar-refractivity contribution in [2.24, 2.45) is 4.99 Å². The molecule has 1 unspecified atom stereocenters. The van der Waals surface area contributed by atoms with E-state index >= 15 is 0 Å². The van der Waals surface area contributed by atoms with E-state index in [4.69, 9.17) is 11.6 Å². The minimum atomic E-state index is -3.91. The van der Waals surface area contributed by atoms with Crippen molar-refractivity contribution in [1.29, 1.82) is 0 Å². The highest BCUT2D eigenvalue weighted by Gasteiger charge is 2.43. The molecule has 2 aromatic rings. The lowest BCUT2D eigenvalue weighted by Gasteiger charge is -2.31. The number of aliphatic imine (C=N–C) groups is 1. The number of nitrogens with zero attached hydrogens (tertiary/aromatic N) is 2. The maximum Gasteiger partial charge on any atom is 0.263 e. The van der Waals surface area contributed by atoms with E-state index < -0.39 is 15.7 Å². The highest BCUT2D eigenvalue weighted by atomic mass is 79.9. The smallest absolute Gasteiger partial charge is 0.263 e. The van der Waals surface area contributed by atoms with Crippen LogP contribution in [0.25, 0.3) is 0 Å². The van der Waals surface area contributed by atoms with Gasteiger partial charge in [0.1, 0.15) is 4.90 Å². The van der Waals surface area contributed by atoms with Crippen LogP contribution in [0.4, 0.5) is 5.69 Å². The van der Waals surface area contributed by atoms with Crippen LogP contribution >= 0.6 is 40.3 Å². The predicted molar refractivity (Wildman–Crippen MR) is 117 cm³/mol. The second kappa shape index (κ2) is 8.40. The lowest BCUT2D eigenvalue weighted by atomic mass is 10.0. The summed E-state index contributed by atoms with van der Waals surface area (Å²) in [4.78, 5) is 5.66. The van der Waals surface area contributed by atoms with Crippen molar-refractivity contribution < 1.29 is 13.5 Å². The molecule has 1 aliphatic rings. The van der Waals surface area contributed by atoms with Crippen molar-refractivity contribution in [2.45, 2.75) is 10.6 Å². The van der Waals surface area contributed by atoms with Gasteiger partial charge in [0.05, 0.1) is 10.8 Å². The zero-order valence-corrected chi connectivity index (χ0v) is 18.7. The van der Waals surface area contributed by atoms with E-state index in [1.165, 1.54) is 23.9 Å². The lowest BCUT2D eigenvalue weighted by Crippen LogP contribution is -2.42. The van der Waals surface area contributed by atoms with E-state index in [0.29, 0.717) is 22.2 Å². The number of anilines is 1. The minimum absolute atomic E-state index is 0. The van der Waals surface area contributed by atoms with Gasteiger partial charge in [0.15, 0.2) is 10.9 Å². The summed E-state index contributed by atoms with van der Waals surface area (Å²) in [5.41, 5.74) is -0.494. The first kappa shape index (κ1) is 22.0. The van der Waals surface area contributed by atoms with Crippen LogP contribution in [0, 0.1) is 0 Å². The molecule has 1 saturated heterocycles. The van der Waals surface area contributed by atoms with Crippen LogP contribution in [0.3, 0.4) is 0 Å². The zero-order valence-electron chi connectivity index (χ0n) is 14.6. The number of benzene rings is 2. The molecule has 0 radical (unpaired) electrons. The predicted octanol–water partition coefficient (Wildman–Crippen LogP) is 3.53. The Morgan fingerprint density at radius 3 is 2.52 bits per heavy atom. The summed E-state index contributed by atoms with van der Waals surface area (Å²) in [5, 5.41) is 11.8. The molecule has 1 fully saturated rings. The van der Waals surface area contributed by atoms with Crippen LogP contribution in [-0.4, -0.2) is 43.4 Å². The Morgan fingerprint density at radius 2 is 1.93 bits per heavy atom. The standard InChI is InChI=1S/C17H18ClN3O3S2.BrH/c1-19-16-21(2)17(22,11-25-16)12-8-9-14(18)15(10-12)26(23,24)20-13-6-4-3-5-7-13;/h3-10,20,22H,11H2,1-2H3;1H. The van der Waals surface area contributed by atoms with Crippen molar-refractivity contribution in [3.8, 4) is 0 Å². The van der Waals surface area contributed by atoms with E-state index in [2.05, 4.69) is 9.71 Å². The van der Waals surface area contributed by atoms with Crippen molar-refractivity contribution >= 4 is 61.2 Å². The Hall–Kier alpha value is -1.26.